The number of carbonyl (C=O) groups excluding carboxylic acids is 2. The van der Waals surface area contributed by atoms with Gasteiger partial charge < -0.3 is 15.2 Å². The summed E-state index contributed by atoms with van der Waals surface area (Å²) in [5.74, 6) is -1.06. The predicted molar refractivity (Wildman–Crippen MR) is 82.5 cm³/mol. The Labute approximate surface area is 164 Å². The van der Waals surface area contributed by atoms with Gasteiger partial charge in [0.05, 0.1) is 18.1 Å². The second kappa shape index (κ2) is 7.16. The Bertz CT molecular complexity index is 622. The molecule has 2 unspecified atom stereocenters. The molecule has 4 rings (SSSR count). The molecule has 2 fully saturated rings. The van der Waals surface area contributed by atoms with Crippen molar-refractivity contribution in [3.8, 4) is 0 Å². The van der Waals surface area contributed by atoms with Crippen molar-refractivity contribution in [2.75, 3.05) is 0 Å². The van der Waals surface area contributed by atoms with Gasteiger partial charge in [0, 0.05) is 12.1 Å². The number of carboxylic acid groups (broad SMARTS) is 1. The molecule has 24 heavy (non-hydrogen) atoms. The SMILES string of the molecule is O=C([O-])C1CCC(C(=O)NC2Cc3ccccc3C2)N1C1CC1.[Na+]. The number of hydrogen-bond acceptors (Lipinski definition) is 4. The van der Waals surface area contributed by atoms with Crippen LogP contribution in [0.15, 0.2) is 24.3 Å². The first-order valence-corrected chi connectivity index (χ1v) is 8.49. The van der Waals surface area contributed by atoms with Gasteiger partial charge >= 0.3 is 29.6 Å². The molecule has 2 atom stereocenters. The number of carbonyl (C=O) groups is 2. The van der Waals surface area contributed by atoms with Crippen LogP contribution in [0.25, 0.3) is 0 Å². The molecule has 0 aromatic heterocycles. The number of hydrogen-bond donors (Lipinski definition) is 1. The molecule has 1 saturated heterocycles. The number of nitrogens with one attached hydrogen (secondary N) is 1. The molecule has 1 aliphatic heterocycles. The van der Waals surface area contributed by atoms with Crippen LogP contribution in [0.3, 0.4) is 0 Å². The molecular formula is C18H21N2NaO3. The minimum Gasteiger partial charge on any atom is -0.548 e. The van der Waals surface area contributed by atoms with Crippen LogP contribution in [0.1, 0.15) is 36.8 Å². The zero-order valence-electron chi connectivity index (χ0n) is 14.0. The summed E-state index contributed by atoms with van der Waals surface area (Å²) in [5, 5.41) is 14.5. The number of benzene rings is 1. The van der Waals surface area contributed by atoms with Gasteiger partial charge in [0.25, 0.3) is 0 Å². The summed E-state index contributed by atoms with van der Waals surface area (Å²) in [4.78, 5) is 25.9. The van der Waals surface area contributed by atoms with Crippen molar-refractivity contribution < 1.29 is 44.3 Å². The minimum atomic E-state index is -1.04. The maximum Gasteiger partial charge on any atom is 1.00 e. The van der Waals surface area contributed by atoms with E-state index < -0.39 is 12.0 Å². The van der Waals surface area contributed by atoms with Crippen molar-refractivity contribution in [1.82, 2.24) is 10.2 Å². The Morgan fingerprint density at radius 3 is 2.12 bits per heavy atom. The van der Waals surface area contributed by atoms with Gasteiger partial charge in [-0.1, -0.05) is 24.3 Å². The van der Waals surface area contributed by atoms with E-state index in [0.717, 1.165) is 25.7 Å². The van der Waals surface area contributed by atoms with Crippen LogP contribution in [0.4, 0.5) is 0 Å². The fourth-order valence-electron chi connectivity index (χ4n) is 4.18. The summed E-state index contributed by atoms with van der Waals surface area (Å²) in [7, 11) is 0. The first-order valence-electron chi connectivity index (χ1n) is 8.49. The molecule has 1 saturated carbocycles. The molecular weight excluding hydrogens is 315 g/mol. The van der Waals surface area contributed by atoms with Crippen LogP contribution in [0.2, 0.25) is 0 Å². The van der Waals surface area contributed by atoms with Crippen molar-refractivity contribution in [2.45, 2.75) is 62.7 Å². The molecule has 0 bridgehead atoms. The molecule has 1 heterocycles. The molecule has 1 amide bonds. The van der Waals surface area contributed by atoms with Crippen molar-refractivity contribution in [3.05, 3.63) is 35.4 Å². The summed E-state index contributed by atoms with van der Waals surface area (Å²) < 4.78 is 0. The van der Waals surface area contributed by atoms with Crippen LogP contribution in [0.5, 0.6) is 0 Å². The Hall–Kier alpha value is -0.880. The van der Waals surface area contributed by atoms with E-state index in [-0.39, 0.29) is 53.6 Å². The molecule has 1 aromatic carbocycles. The van der Waals surface area contributed by atoms with Gasteiger partial charge in [0.1, 0.15) is 0 Å². The van der Waals surface area contributed by atoms with Crippen LogP contribution in [0, 0.1) is 0 Å². The number of carboxylic acids is 1. The molecule has 0 spiro atoms. The molecule has 1 aromatic rings. The normalized spacial score (nSPS) is 26.7. The third-order valence-electron chi connectivity index (χ3n) is 5.37. The maximum absolute atomic E-state index is 12.7. The van der Waals surface area contributed by atoms with Crippen molar-refractivity contribution in [3.63, 3.8) is 0 Å². The monoisotopic (exact) mass is 336 g/mol. The summed E-state index contributed by atoms with van der Waals surface area (Å²) in [6, 6.07) is 7.74. The Morgan fingerprint density at radius 1 is 1.00 bits per heavy atom. The molecule has 0 radical (unpaired) electrons. The van der Waals surface area contributed by atoms with E-state index in [0.29, 0.717) is 12.8 Å². The first kappa shape index (κ1) is 17.9. The van der Waals surface area contributed by atoms with Gasteiger partial charge in [-0.05, 0) is 49.7 Å². The molecule has 5 nitrogen and oxygen atoms in total. The van der Waals surface area contributed by atoms with Crippen molar-refractivity contribution in [1.29, 1.82) is 0 Å². The van der Waals surface area contributed by atoms with Crippen LogP contribution < -0.4 is 40.0 Å². The number of rotatable bonds is 4. The Kier molecular flexibility index (Phi) is 5.35. The third-order valence-corrected chi connectivity index (χ3v) is 5.37. The zero-order chi connectivity index (χ0) is 16.0. The maximum atomic E-state index is 12.7. The van der Waals surface area contributed by atoms with Gasteiger partial charge in [-0.25, -0.2) is 0 Å². The van der Waals surface area contributed by atoms with Gasteiger partial charge in [-0.15, -0.1) is 0 Å². The molecule has 3 aliphatic rings. The number of nitrogens with zero attached hydrogens (tertiary/aromatic N) is 1. The molecule has 1 N–H and O–H groups in total. The molecule has 122 valence electrons. The molecule has 6 heteroatoms. The van der Waals surface area contributed by atoms with E-state index in [9.17, 15) is 14.7 Å². The van der Waals surface area contributed by atoms with Gasteiger partial charge in [0.2, 0.25) is 5.91 Å². The fraction of sp³-hybridized carbons (Fsp3) is 0.556. The topological polar surface area (TPSA) is 72.5 Å². The van der Waals surface area contributed by atoms with Crippen molar-refractivity contribution >= 4 is 11.9 Å². The standard InChI is InChI=1S/C18H22N2O3.Na/c21-17(19-13-9-11-3-1-2-4-12(11)10-13)15-7-8-16(18(22)23)20(15)14-5-6-14;/h1-4,13-16H,5-10H2,(H,19,21)(H,22,23);/q;+1/p-1. The van der Waals surface area contributed by atoms with E-state index in [1.807, 2.05) is 17.0 Å². The van der Waals surface area contributed by atoms with E-state index >= 15 is 0 Å². The predicted octanol–water partition coefficient (Wildman–Crippen LogP) is -2.98. The molecule has 2 aliphatic carbocycles. The number of aliphatic carboxylic acids is 1. The number of fused-ring (bicyclic) bond motifs is 1. The average Bonchev–Trinajstić information content (AvgIpc) is 3.12. The van der Waals surface area contributed by atoms with Crippen LogP contribution >= 0.6 is 0 Å². The van der Waals surface area contributed by atoms with Gasteiger partial charge in [-0.3, -0.25) is 9.69 Å². The van der Waals surface area contributed by atoms with Gasteiger partial charge in [-0.2, -0.15) is 0 Å². The zero-order valence-corrected chi connectivity index (χ0v) is 16.0. The smallest absolute Gasteiger partial charge is 0.548 e. The van der Waals surface area contributed by atoms with Crippen LogP contribution in [-0.2, 0) is 22.4 Å². The quantitative estimate of drug-likeness (QED) is 0.596. The fourth-order valence-corrected chi connectivity index (χ4v) is 4.18. The largest absolute Gasteiger partial charge is 1.00 e. The Balaban J connectivity index is 0.00000169. The summed E-state index contributed by atoms with van der Waals surface area (Å²) in [5.41, 5.74) is 2.60. The first-order chi connectivity index (χ1) is 11.1. The van der Waals surface area contributed by atoms with Crippen LogP contribution in [-0.4, -0.2) is 40.9 Å². The second-order valence-corrected chi connectivity index (χ2v) is 6.99. The summed E-state index contributed by atoms with van der Waals surface area (Å²) >= 11 is 0. The summed E-state index contributed by atoms with van der Waals surface area (Å²) in [6.07, 6.45) is 4.83. The van der Waals surface area contributed by atoms with Crippen molar-refractivity contribution in [2.24, 2.45) is 0 Å². The minimum absolute atomic E-state index is 0. The number of likely N-dealkylation sites (tertiary alicyclic amines) is 1. The average molecular weight is 336 g/mol. The van der Waals surface area contributed by atoms with E-state index in [1.165, 1.54) is 11.1 Å². The van der Waals surface area contributed by atoms with E-state index in [4.69, 9.17) is 0 Å². The summed E-state index contributed by atoms with van der Waals surface area (Å²) in [6.45, 7) is 0. The Morgan fingerprint density at radius 2 is 1.58 bits per heavy atom. The third kappa shape index (κ3) is 3.40. The van der Waals surface area contributed by atoms with Gasteiger partial charge in [0.15, 0.2) is 0 Å². The van der Waals surface area contributed by atoms with E-state index in [2.05, 4.69) is 17.4 Å². The van der Waals surface area contributed by atoms with E-state index in [1.54, 1.807) is 0 Å². The second-order valence-electron chi connectivity index (χ2n) is 6.99. The number of amides is 1.